The molecule has 3 aliphatic rings. The van der Waals surface area contributed by atoms with Crippen LogP contribution in [0.3, 0.4) is 0 Å². The lowest BCUT2D eigenvalue weighted by molar-refractivity contribution is 0.310. The van der Waals surface area contributed by atoms with Crippen LogP contribution in [0.25, 0.3) is 0 Å². The van der Waals surface area contributed by atoms with Gasteiger partial charge in [-0.15, -0.1) is 0 Å². The van der Waals surface area contributed by atoms with E-state index in [0.717, 1.165) is 41.6 Å². The van der Waals surface area contributed by atoms with E-state index in [1.54, 1.807) is 0 Å². The molecule has 2 saturated carbocycles. The summed E-state index contributed by atoms with van der Waals surface area (Å²) >= 11 is 10.2. The number of ether oxygens (including phenoxy) is 1. The zero-order chi connectivity index (χ0) is 13.7. The SMILES string of the molecule is Clc1cc2c(c(C(Br)CC3CC4CCC3C4)c1)OCC2. The zero-order valence-corrected chi connectivity index (χ0v) is 13.9. The molecule has 2 bridgehead atoms. The molecule has 108 valence electrons. The van der Waals surface area contributed by atoms with Gasteiger partial charge in [0.1, 0.15) is 5.75 Å². The van der Waals surface area contributed by atoms with Crippen molar-refractivity contribution in [2.45, 2.75) is 43.4 Å². The zero-order valence-electron chi connectivity index (χ0n) is 11.6. The Morgan fingerprint density at radius 2 is 2.20 bits per heavy atom. The number of fused-ring (bicyclic) bond motifs is 3. The van der Waals surface area contributed by atoms with E-state index < -0.39 is 0 Å². The van der Waals surface area contributed by atoms with Gasteiger partial charge in [-0.05, 0) is 61.1 Å². The molecule has 2 fully saturated rings. The molecule has 0 N–H and O–H groups in total. The average Bonchev–Trinajstić information content (AvgIpc) is 3.12. The molecule has 0 aromatic heterocycles. The minimum absolute atomic E-state index is 0.386. The smallest absolute Gasteiger partial charge is 0.127 e. The van der Waals surface area contributed by atoms with E-state index in [-0.39, 0.29) is 0 Å². The molecule has 4 atom stereocenters. The summed E-state index contributed by atoms with van der Waals surface area (Å²) in [6.45, 7) is 0.802. The standard InChI is InChI=1S/C17H20BrClO/c18-16(8-13-6-10-1-2-11(13)5-10)15-9-14(19)7-12-3-4-20-17(12)15/h7,9-11,13,16H,1-6,8H2. The first-order valence-corrected chi connectivity index (χ1v) is 9.09. The van der Waals surface area contributed by atoms with Gasteiger partial charge in [0, 0.05) is 21.8 Å². The van der Waals surface area contributed by atoms with Gasteiger partial charge in [0.15, 0.2) is 0 Å². The van der Waals surface area contributed by atoms with Crippen molar-refractivity contribution >= 4 is 27.5 Å². The first-order valence-electron chi connectivity index (χ1n) is 7.80. The molecule has 0 spiro atoms. The minimum Gasteiger partial charge on any atom is -0.493 e. The maximum atomic E-state index is 6.28. The Bertz CT molecular complexity index is 530. The predicted octanol–water partition coefficient (Wildman–Crippen LogP) is 5.54. The lowest BCUT2D eigenvalue weighted by atomic mass is 9.84. The van der Waals surface area contributed by atoms with Crippen molar-refractivity contribution in [3.63, 3.8) is 0 Å². The van der Waals surface area contributed by atoms with Gasteiger partial charge < -0.3 is 4.74 Å². The number of hydrogen-bond acceptors (Lipinski definition) is 1. The topological polar surface area (TPSA) is 9.23 Å². The average molecular weight is 356 g/mol. The molecule has 1 aromatic carbocycles. The Balaban J connectivity index is 1.55. The van der Waals surface area contributed by atoms with Crippen LogP contribution < -0.4 is 4.74 Å². The summed E-state index contributed by atoms with van der Waals surface area (Å²) in [4.78, 5) is 0.386. The highest BCUT2D eigenvalue weighted by Gasteiger charge is 2.40. The maximum Gasteiger partial charge on any atom is 0.127 e. The van der Waals surface area contributed by atoms with Crippen LogP contribution in [-0.4, -0.2) is 6.61 Å². The molecule has 3 heteroatoms. The molecular weight excluding hydrogens is 336 g/mol. The summed E-state index contributed by atoms with van der Waals surface area (Å²) in [7, 11) is 0. The fourth-order valence-corrected chi connectivity index (χ4v) is 5.66. The molecule has 0 radical (unpaired) electrons. The highest BCUT2D eigenvalue weighted by atomic mass is 79.9. The van der Waals surface area contributed by atoms with Crippen molar-refractivity contribution in [2.75, 3.05) is 6.61 Å². The molecule has 1 nitrogen and oxygen atoms in total. The van der Waals surface area contributed by atoms with Crippen molar-refractivity contribution in [3.05, 3.63) is 28.3 Å². The molecular formula is C17H20BrClO. The van der Waals surface area contributed by atoms with Crippen molar-refractivity contribution in [3.8, 4) is 5.75 Å². The quantitative estimate of drug-likeness (QED) is 0.647. The van der Waals surface area contributed by atoms with E-state index in [1.165, 1.54) is 43.2 Å². The van der Waals surface area contributed by atoms with Gasteiger partial charge in [0.2, 0.25) is 0 Å². The van der Waals surface area contributed by atoms with Crippen LogP contribution >= 0.6 is 27.5 Å². The summed E-state index contributed by atoms with van der Waals surface area (Å²) in [5.41, 5.74) is 2.55. The van der Waals surface area contributed by atoms with Gasteiger partial charge in [-0.2, -0.15) is 0 Å². The Morgan fingerprint density at radius 3 is 2.95 bits per heavy atom. The summed E-state index contributed by atoms with van der Waals surface area (Å²) in [5.74, 6) is 3.99. The molecule has 20 heavy (non-hydrogen) atoms. The second-order valence-electron chi connectivity index (χ2n) is 6.72. The Kier molecular flexibility index (Phi) is 3.50. The van der Waals surface area contributed by atoms with Gasteiger partial charge in [-0.3, -0.25) is 0 Å². The lowest BCUT2D eigenvalue weighted by Gasteiger charge is -2.25. The summed E-state index contributed by atoms with van der Waals surface area (Å²) < 4.78 is 5.84. The molecule has 1 aromatic rings. The molecule has 4 rings (SSSR count). The largest absolute Gasteiger partial charge is 0.493 e. The third-order valence-electron chi connectivity index (χ3n) is 5.51. The number of benzene rings is 1. The van der Waals surface area contributed by atoms with E-state index in [2.05, 4.69) is 28.1 Å². The normalized spacial score (nSPS) is 32.2. The summed E-state index contributed by atoms with van der Waals surface area (Å²) in [6.07, 6.45) is 8.09. The molecule has 1 aliphatic heterocycles. The van der Waals surface area contributed by atoms with Crippen LogP contribution in [0.1, 0.15) is 48.1 Å². The van der Waals surface area contributed by atoms with Crippen LogP contribution in [0.4, 0.5) is 0 Å². The van der Waals surface area contributed by atoms with E-state index in [0.29, 0.717) is 4.83 Å². The first kappa shape index (κ1) is 13.5. The highest BCUT2D eigenvalue weighted by Crippen LogP contribution is 2.53. The van der Waals surface area contributed by atoms with Crippen LogP contribution in [0.2, 0.25) is 5.02 Å². The Morgan fingerprint density at radius 1 is 1.30 bits per heavy atom. The van der Waals surface area contributed by atoms with E-state index >= 15 is 0 Å². The fraction of sp³-hybridized carbons (Fsp3) is 0.647. The van der Waals surface area contributed by atoms with Crippen molar-refractivity contribution in [1.29, 1.82) is 0 Å². The number of alkyl halides is 1. The van der Waals surface area contributed by atoms with Crippen LogP contribution in [0, 0.1) is 17.8 Å². The van der Waals surface area contributed by atoms with Crippen LogP contribution in [-0.2, 0) is 6.42 Å². The molecule has 1 heterocycles. The maximum absolute atomic E-state index is 6.28. The predicted molar refractivity (Wildman–Crippen MR) is 85.9 cm³/mol. The van der Waals surface area contributed by atoms with E-state index in [4.69, 9.17) is 16.3 Å². The second-order valence-corrected chi connectivity index (χ2v) is 8.26. The lowest BCUT2D eigenvalue weighted by Crippen LogP contribution is -2.12. The summed E-state index contributed by atoms with van der Waals surface area (Å²) in [5, 5.41) is 0.849. The fourth-order valence-electron chi connectivity index (χ4n) is 4.59. The number of halogens is 2. The van der Waals surface area contributed by atoms with Crippen LogP contribution in [0.5, 0.6) is 5.75 Å². The monoisotopic (exact) mass is 354 g/mol. The van der Waals surface area contributed by atoms with Gasteiger partial charge in [0.05, 0.1) is 6.61 Å². The number of rotatable bonds is 3. The second kappa shape index (κ2) is 5.21. The third kappa shape index (κ3) is 2.29. The molecule has 4 unspecified atom stereocenters. The Labute approximate surface area is 134 Å². The van der Waals surface area contributed by atoms with Crippen molar-refractivity contribution in [1.82, 2.24) is 0 Å². The van der Waals surface area contributed by atoms with Crippen LogP contribution in [0.15, 0.2) is 12.1 Å². The minimum atomic E-state index is 0.386. The highest BCUT2D eigenvalue weighted by molar-refractivity contribution is 9.09. The van der Waals surface area contributed by atoms with Crippen molar-refractivity contribution in [2.24, 2.45) is 17.8 Å². The molecule has 0 saturated heterocycles. The Hall–Kier alpha value is -0.210. The van der Waals surface area contributed by atoms with E-state index in [1.807, 2.05) is 0 Å². The molecule has 2 aliphatic carbocycles. The molecule has 0 amide bonds. The van der Waals surface area contributed by atoms with E-state index in [9.17, 15) is 0 Å². The number of hydrogen-bond donors (Lipinski definition) is 0. The first-order chi connectivity index (χ1) is 9.70. The van der Waals surface area contributed by atoms with Gasteiger partial charge >= 0.3 is 0 Å². The van der Waals surface area contributed by atoms with Gasteiger partial charge in [0.25, 0.3) is 0 Å². The summed E-state index contributed by atoms with van der Waals surface area (Å²) in [6, 6.07) is 4.16. The third-order valence-corrected chi connectivity index (χ3v) is 6.59. The van der Waals surface area contributed by atoms with Gasteiger partial charge in [-0.25, -0.2) is 0 Å². The van der Waals surface area contributed by atoms with Crippen molar-refractivity contribution < 1.29 is 4.74 Å². The van der Waals surface area contributed by atoms with Gasteiger partial charge in [-0.1, -0.05) is 34.0 Å².